The fourth-order valence-corrected chi connectivity index (χ4v) is 3.15. The number of hydrogen-bond acceptors (Lipinski definition) is 2. The summed E-state index contributed by atoms with van der Waals surface area (Å²) in [6, 6.07) is 7.80. The van der Waals surface area contributed by atoms with Crippen LogP contribution < -0.4 is 10.6 Å². The molecule has 0 radical (unpaired) electrons. The van der Waals surface area contributed by atoms with Crippen molar-refractivity contribution in [3.63, 3.8) is 0 Å². The fourth-order valence-electron chi connectivity index (χ4n) is 3.15. The van der Waals surface area contributed by atoms with Gasteiger partial charge in [0.2, 0.25) is 0 Å². The Morgan fingerprint density at radius 1 is 1.36 bits per heavy atom. The second-order valence-electron chi connectivity index (χ2n) is 5.97. The third kappa shape index (κ3) is 3.16. The van der Waals surface area contributed by atoms with Gasteiger partial charge in [-0.2, -0.15) is 0 Å². The Morgan fingerprint density at radius 2 is 2.23 bits per heavy atom. The highest BCUT2D eigenvalue weighted by Gasteiger charge is 2.32. The summed E-state index contributed by atoms with van der Waals surface area (Å²) in [7, 11) is 0. The lowest BCUT2D eigenvalue weighted by Gasteiger charge is -2.36. The van der Waals surface area contributed by atoms with Gasteiger partial charge in [0.05, 0.1) is 6.04 Å². The zero-order valence-electron chi connectivity index (χ0n) is 12.8. The Bertz CT molecular complexity index is 575. The molecule has 2 aliphatic heterocycles. The van der Waals surface area contributed by atoms with Gasteiger partial charge in [0.1, 0.15) is 0 Å². The molecule has 6 heteroatoms. The molecule has 1 aromatic rings. The van der Waals surface area contributed by atoms with Crippen LogP contribution in [0.15, 0.2) is 24.3 Å². The summed E-state index contributed by atoms with van der Waals surface area (Å²) in [5, 5.41) is 5.77. The maximum atomic E-state index is 12.4. The van der Waals surface area contributed by atoms with E-state index in [4.69, 9.17) is 0 Å². The van der Waals surface area contributed by atoms with Crippen LogP contribution in [0, 0.1) is 6.92 Å². The Balaban J connectivity index is 1.61. The van der Waals surface area contributed by atoms with E-state index in [-0.39, 0.29) is 18.1 Å². The Labute approximate surface area is 130 Å². The molecule has 2 N–H and O–H groups in total. The van der Waals surface area contributed by atoms with Gasteiger partial charge in [-0.25, -0.2) is 9.59 Å². The molecule has 22 heavy (non-hydrogen) atoms. The van der Waals surface area contributed by atoms with Gasteiger partial charge in [-0.05, 0) is 37.5 Å². The van der Waals surface area contributed by atoms with Crippen molar-refractivity contribution in [2.75, 3.05) is 31.5 Å². The molecule has 2 fully saturated rings. The normalized spacial score (nSPS) is 21.7. The molecule has 118 valence electrons. The minimum absolute atomic E-state index is 0.00839. The van der Waals surface area contributed by atoms with Crippen molar-refractivity contribution >= 4 is 17.7 Å². The zero-order chi connectivity index (χ0) is 15.5. The van der Waals surface area contributed by atoms with Crippen molar-refractivity contribution < 1.29 is 9.59 Å². The molecule has 0 bridgehead atoms. The topological polar surface area (TPSA) is 64.7 Å². The highest BCUT2D eigenvalue weighted by Crippen LogP contribution is 2.19. The van der Waals surface area contributed by atoms with Crippen LogP contribution in [-0.4, -0.2) is 54.1 Å². The van der Waals surface area contributed by atoms with Gasteiger partial charge in [0, 0.05) is 31.9 Å². The lowest BCUT2D eigenvalue weighted by Crippen LogP contribution is -2.51. The van der Waals surface area contributed by atoms with Crippen LogP contribution in [0.1, 0.15) is 18.4 Å². The first-order valence-corrected chi connectivity index (χ1v) is 7.80. The van der Waals surface area contributed by atoms with E-state index >= 15 is 0 Å². The van der Waals surface area contributed by atoms with E-state index in [0.717, 1.165) is 37.2 Å². The SMILES string of the molecule is Cc1cccc(NC(=O)N2CCC[C@@H](N3CCNC3=O)C2)c1. The average Bonchev–Trinajstić information content (AvgIpc) is 2.93. The van der Waals surface area contributed by atoms with Crippen molar-refractivity contribution in [2.24, 2.45) is 0 Å². The summed E-state index contributed by atoms with van der Waals surface area (Å²) in [6.45, 7) is 4.77. The van der Waals surface area contributed by atoms with E-state index < -0.39 is 0 Å². The molecule has 0 saturated carbocycles. The summed E-state index contributed by atoms with van der Waals surface area (Å²) in [5.41, 5.74) is 1.93. The second-order valence-corrected chi connectivity index (χ2v) is 5.97. The first-order chi connectivity index (χ1) is 10.6. The van der Waals surface area contributed by atoms with Crippen LogP contribution in [0.25, 0.3) is 0 Å². The van der Waals surface area contributed by atoms with Crippen LogP contribution in [0.4, 0.5) is 15.3 Å². The number of nitrogens with zero attached hydrogens (tertiary/aromatic N) is 2. The van der Waals surface area contributed by atoms with Crippen molar-refractivity contribution in [2.45, 2.75) is 25.8 Å². The summed E-state index contributed by atoms with van der Waals surface area (Å²) in [4.78, 5) is 27.9. The minimum atomic E-state index is -0.0881. The number of piperidine rings is 1. The summed E-state index contributed by atoms with van der Waals surface area (Å²) in [6.07, 6.45) is 1.89. The van der Waals surface area contributed by atoms with Crippen LogP contribution in [0.2, 0.25) is 0 Å². The van der Waals surface area contributed by atoms with Crippen LogP contribution in [-0.2, 0) is 0 Å². The standard InChI is InChI=1S/C16H22N4O2/c1-12-4-2-5-13(10-12)18-16(22)19-8-3-6-14(11-19)20-9-7-17-15(20)21/h2,4-5,10,14H,3,6-9,11H2,1H3,(H,17,21)(H,18,22)/t14-/m1/s1. The summed E-state index contributed by atoms with van der Waals surface area (Å²) < 4.78 is 0. The third-order valence-electron chi connectivity index (χ3n) is 4.28. The highest BCUT2D eigenvalue weighted by atomic mass is 16.2. The lowest BCUT2D eigenvalue weighted by molar-refractivity contribution is 0.139. The number of aryl methyl sites for hydroxylation is 1. The Hall–Kier alpha value is -2.24. The zero-order valence-corrected chi connectivity index (χ0v) is 12.8. The maximum Gasteiger partial charge on any atom is 0.321 e. The van der Waals surface area contributed by atoms with Gasteiger partial charge < -0.3 is 20.4 Å². The van der Waals surface area contributed by atoms with Crippen molar-refractivity contribution in [1.82, 2.24) is 15.1 Å². The number of nitrogens with one attached hydrogen (secondary N) is 2. The average molecular weight is 302 g/mol. The van der Waals surface area contributed by atoms with E-state index in [9.17, 15) is 9.59 Å². The highest BCUT2D eigenvalue weighted by molar-refractivity contribution is 5.89. The second kappa shape index (κ2) is 6.25. The molecule has 1 atom stereocenters. The predicted molar refractivity (Wildman–Crippen MR) is 84.9 cm³/mol. The molecule has 6 nitrogen and oxygen atoms in total. The molecule has 3 rings (SSSR count). The third-order valence-corrected chi connectivity index (χ3v) is 4.28. The molecule has 2 saturated heterocycles. The first kappa shape index (κ1) is 14.7. The molecule has 1 aromatic carbocycles. The molecular weight excluding hydrogens is 280 g/mol. The van der Waals surface area contributed by atoms with E-state index in [1.54, 1.807) is 0 Å². The van der Waals surface area contributed by atoms with E-state index in [0.29, 0.717) is 13.1 Å². The number of carbonyl (C=O) groups is 2. The van der Waals surface area contributed by atoms with Crippen LogP contribution in [0.5, 0.6) is 0 Å². The van der Waals surface area contributed by atoms with Crippen LogP contribution in [0.3, 0.4) is 0 Å². The van der Waals surface area contributed by atoms with Gasteiger partial charge in [-0.1, -0.05) is 12.1 Å². The lowest BCUT2D eigenvalue weighted by atomic mass is 10.0. The number of amides is 4. The summed E-state index contributed by atoms with van der Waals surface area (Å²) in [5.74, 6) is 0. The summed E-state index contributed by atoms with van der Waals surface area (Å²) >= 11 is 0. The predicted octanol–water partition coefficient (Wildman–Crippen LogP) is 2.02. The fraction of sp³-hybridized carbons (Fsp3) is 0.500. The minimum Gasteiger partial charge on any atom is -0.336 e. The molecule has 2 aliphatic rings. The monoisotopic (exact) mass is 302 g/mol. The molecule has 0 spiro atoms. The number of carbonyl (C=O) groups excluding carboxylic acids is 2. The van der Waals surface area contributed by atoms with Crippen molar-refractivity contribution in [3.05, 3.63) is 29.8 Å². The molecule has 4 amide bonds. The first-order valence-electron chi connectivity index (χ1n) is 7.80. The number of likely N-dealkylation sites (tertiary alicyclic amines) is 1. The van der Waals surface area contributed by atoms with Gasteiger partial charge >= 0.3 is 12.1 Å². The Kier molecular flexibility index (Phi) is 4.18. The molecule has 0 unspecified atom stereocenters. The van der Waals surface area contributed by atoms with Crippen molar-refractivity contribution in [3.8, 4) is 0 Å². The van der Waals surface area contributed by atoms with Crippen molar-refractivity contribution in [1.29, 1.82) is 0 Å². The number of hydrogen-bond donors (Lipinski definition) is 2. The van der Waals surface area contributed by atoms with Gasteiger partial charge in [-0.3, -0.25) is 0 Å². The largest absolute Gasteiger partial charge is 0.336 e. The quantitative estimate of drug-likeness (QED) is 0.878. The van der Waals surface area contributed by atoms with Gasteiger partial charge in [-0.15, -0.1) is 0 Å². The number of urea groups is 2. The van der Waals surface area contributed by atoms with E-state index in [1.165, 1.54) is 0 Å². The molecule has 2 heterocycles. The molecular formula is C16H22N4O2. The van der Waals surface area contributed by atoms with Gasteiger partial charge in [0.15, 0.2) is 0 Å². The van der Waals surface area contributed by atoms with E-state index in [1.807, 2.05) is 41.0 Å². The number of rotatable bonds is 2. The van der Waals surface area contributed by atoms with Crippen LogP contribution >= 0.6 is 0 Å². The molecule has 0 aliphatic carbocycles. The van der Waals surface area contributed by atoms with E-state index in [2.05, 4.69) is 10.6 Å². The molecule has 0 aromatic heterocycles. The maximum absolute atomic E-state index is 12.4. The number of anilines is 1. The Morgan fingerprint density at radius 3 is 2.95 bits per heavy atom. The van der Waals surface area contributed by atoms with Gasteiger partial charge in [0.25, 0.3) is 0 Å². The smallest absolute Gasteiger partial charge is 0.321 e. The number of benzene rings is 1.